The summed E-state index contributed by atoms with van der Waals surface area (Å²) >= 11 is 5.41. The van der Waals surface area contributed by atoms with Gasteiger partial charge in [0, 0.05) is 0 Å². The van der Waals surface area contributed by atoms with Gasteiger partial charge in [0.25, 0.3) is 0 Å². The molecule has 4 nitrogen and oxygen atoms in total. The summed E-state index contributed by atoms with van der Waals surface area (Å²) in [6.45, 7) is 4.12. The predicted molar refractivity (Wildman–Crippen MR) is 45.5 cm³/mol. The summed E-state index contributed by atoms with van der Waals surface area (Å²) < 4.78 is 4.70. The summed E-state index contributed by atoms with van der Waals surface area (Å²) in [5.41, 5.74) is -0.658. The Kier molecular flexibility index (Phi) is 4.34. The van der Waals surface area contributed by atoms with E-state index in [2.05, 4.69) is 4.74 Å². The summed E-state index contributed by atoms with van der Waals surface area (Å²) in [4.78, 5) is 15.8. The highest BCUT2D eigenvalue weighted by Gasteiger charge is 2.21. The number of quaternary nitrogens is 1. The van der Waals surface area contributed by atoms with Crippen LogP contribution in [0.15, 0.2) is 0 Å². The largest absolute Gasteiger partial charge is 0.561 e. The number of hydrogen-bond acceptors (Lipinski definition) is 3. The molecule has 0 aliphatic carbocycles. The summed E-state index contributed by atoms with van der Waals surface area (Å²) in [6, 6.07) is 0. The molecule has 1 unspecified atom stereocenters. The molecule has 0 radical (unpaired) electrons. The lowest BCUT2D eigenvalue weighted by Crippen LogP contribution is -2.41. The number of halogens is 1. The van der Waals surface area contributed by atoms with Crippen molar-refractivity contribution in [3.05, 3.63) is 0 Å². The van der Waals surface area contributed by atoms with Crippen molar-refractivity contribution in [2.24, 2.45) is 0 Å². The van der Waals surface area contributed by atoms with E-state index in [9.17, 15) is 4.79 Å². The lowest BCUT2D eigenvalue weighted by molar-refractivity contribution is -1.06. The van der Waals surface area contributed by atoms with E-state index in [-0.39, 0.29) is 4.65 Å². The van der Waals surface area contributed by atoms with Gasteiger partial charge >= 0.3 is 6.16 Å². The monoisotopic (exact) mass is 196 g/mol. The van der Waals surface area contributed by atoms with E-state index in [1.807, 2.05) is 6.92 Å². The van der Waals surface area contributed by atoms with Crippen molar-refractivity contribution in [2.75, 3.05) is 20.6 Å². The molecule has 0 saturated heterocycles. The van der Waals surface area contributed by atoms with Gasteiger partial charge in [-0.15, -0.1) is 4.65 Å². The molecule has 0 rings (SSSR count). The molecule has 5 heteroatoms. The smallest absolute Gasteiger partial charge is 0.411 e. The van der Waals surface area contributed by atoms with Gasteiger partial charge in [0.1, 0.15) is 20.6 Å². The van der Waals surface area contributed by atoms with E-state index in [4.69, 9.17) is 16.4 Å². The highest BCUT2D eigenvalue weighted by Crippen LogP contribution is 2.04. The van der Waals surface area contributed by atoms with Crippen LogP contribution in [0.1, 0.15) is 13.8 Å². The van der Waals surface area contributed by atoms with Crippen LogP contribution >= 0.6 is 11.6 Å². The Bertz CT molecular complexity index is 159. The first-order valence-electron chi connectivity index (χ1n) is 3.74. The number of carbonyl (C=O) groups excluding carboxylic acids is 1. The molecule has 1 atom stereocenters. The number of hydrogen-bond donors (Lipinski definition) is 0. The zero-order chi connectivity index (χ0) is 9.78. The fourth-order valence-corrected chi connectivity index (χ4v) is 0.493. The zero-order valence-electron chi connectivity index (χ0n) is 7.83. The normalized spacial score (nSPS) is 13.8. The van der Waals surface area contributed by atoms with Crippen molar-refractivity contribution >= 4 is 17.8 Å². The minimum atomic E-state index is -0.746. The molecular formula is C7H15ClNO3+. The molecule has 0 aromatic carbocycles. The molecule has 0 bridgehead atoms. The highest BCUT2D eigenvalue weighted by molar-refractivity contribution is 6.19. The molecule has 0 aromatic heterocycles. The van der Waals surface area contributed by atoms with E-state index in [0.717, 1.165) is 0 Å². The SMILES string of the molecule is CC[N+](C)(C)OC(=O)OC(C)Cl. The second-order valence-corrected chi connectivity index (χ2v) is 3.51. The Balaban J connectivity index is 3.84. The van der Waals surface area contributed by atoms with Gasteiger partial charge in [-0.25, -0.2) is 4.84 Å². The minimum absolute atomic E-state index is 0.127. The molecule has 0 amide bonds. The molecule has 0 spiro atoms. The molecule has 0 N–H and O–H groups in total. The Labute approximate surface area is 77.5 Å². The van der Waals surface area contributed by atoms with Crippen molar-refractivity contribution in [3.8, 4) is 0 Å². The van der Waals surface area contributed by atoms with Crippen LogP contribution < -0.4 is 0 Å². The molecule has 0 fully saturated rings. The van der Waals surface area contributed by atoms with Crippen LogP contribution in [-0.2, 0) is 9.57 Å². The summed E-state index contributed by atoms with van der Waals surface area (Å²) in [5, 5.41) is 0. The van der Waals surface area contributed by atoms with Crippen molar-refractivity contribution < 1.29 is 19.0 Å². The fourth-order valence-electron chi connectivity index (χ4n) is 0.420. The van der Waals surface area contributed by atoms with Gasteiger partial charge in [0.2, 0.25) is 0 Å². The highest BCUT2D eigenvalue weighted by atomic mass is 35.5. The van der Waals surface area contributed by atoms with Crippen LogP contribution in [0.3, 0.4) is 0 Å². The number of rotatable bonds is 3. The average Bonchev–Trinajstić information content (AvgIpc) is 1.84. The Morgan fingerprint density at radius 2 is 2.08 bits per heavy atom. The van der Waals surface area contributed by atoms with E-state index in [1.165, 1.54) is 0 Å². The van der Waals surface area contributed by atoms with E-state index < -0.39 is 11.7 Å². The lowest BCUT2D eigenvalue weighted by atomic mass is 10.7. The van der Waals surface area contributed by atoms with Crippen molar-refractivity contribution in [1.82, 2.24) is 0 Å². The standard InChI is InChI=1S/C7H15ClNO3/c1-5-9(3,4)12-7(10)11-6(2)8/h6H,5H2,1-4H3/q+1. The van der Waals surface area contributed by atoms with Crippen LogP contribution in [0.25, 0.3) is 0 Å². The van der Waals surface area contributed by atoms with E-state index >= 15 is 0 Å². The summed E-state index contributed by atoms with van der Waals surface area (Å²) in [7, 11) is 3.50. The third kappa shape index (κ3) is 5.21. The Morgan fingerprint density at radius 3 is 2.42 bits per heavy atom. The first-order valence-corrected chi connectivity index (χ1v) is 4.18. The topological polar surface area (TPSA) is 35.5 Å². The molecule has 12 heavy (non-hydrogen) atoms. The quantitative estimate of drug-likeness (QED) is 0.299. The maximum absolute atomic E-state index is 10.9. The number of ether oxygens (including phenoxy) is 1. The minimum Gasteiger partial charge on any atom is -0.411 e. The number of nitrogens with zero attached hydrogens (tertiary/aromatic N) is 1. The van der Waals surface area contributed by atoms with Gasteiger partial charge in [0.05, 0.1) is 0 Å². The average molecular weight is 197 g/mol. The van der Waals surface area contributed by atoms with Crippen LogP contribution in [0, 0.1) is 0 Å². The second kappa shape index (κ2) is 4.52. The molecule has 0 saturated carbocycles. The van der Waals surface area contributed by atoms with Crippen molar-refractivity contribution in [3.63, 3.8) is 0 Å². The van der Waals surface area contributed by atoms with Gasteiger partial charge in [-0.3, -0.25) is 0 Å². The van der Waals surface area contributed by atoms with E-state index in [1.54, 1.807) is 21.0 Å². The summed E-state index contributed by atoms with van der Waals surface area (Å²) in [5.74, 6) is 0. The maximum atomic E-state index is 10.9. The third-order valence-electron chi connectivity index (χ3n) is 1.34. The Hall–Kier alpha value is -0.480. The van der Waals surface area contributed by atoms with Crippen LogP contribution in [0.4, 0.5) is 4.79 Å². The van der Waals surface area contributed by atoms with Crippen molar-refractivity contribution in [1.29, 1.82) is 0 Å². The van der Waals surface area contributed by atoms with Gasteiger partial charge in [-0.1, -0.05) is 11.6 Å². The van der Waals surface area contributed by atoms with E-state index in [0.29, 0.717) is 6.54 Å². The third-order valence-corrected chi connectivity index (χ3v) is 1.43. The van der Waals surface area contributed by atoms with Gasteiger partial charge in [0.15, 0.2) is 5.56 Å². The van der Waals surface area contributed by atoms with Crippen LogP contribution in [0.5, 0.6) is 0 Å². The number of carbonyl (C=O) groups is 1. The zero-order valence-corrected chi connectivity index (χ0v) is 8.59. The fraction of sp³-hybridized carbons (Fsp3) is 0.857. The van der Waals surface area contributed by atoms with Crippen LogP contribution in [0.2, 0.25) is 0 Å². The van der Waals surface area contributed by atoms with Gasteiger partial charge in [-0.2, -0.15) is 4.79 Å². The van der Waals surface area contributed by atoms with Crippen LogP contribution in [-0.4, -0.2) is 37.0 Å². The van der Waals surface area contributed by atoms with Gasteiger partial charge in [-0.05, 0) is 13.8 Å². The summed E-state index contributed by atoms with van der Waals surface area (Å²) in [6.07, 6.45) is -0.746. The first-order chi connectivity index (χ1) is 5.37. The molecule has 0 heterocycles. The number of hydroxylamine groups is 3. The lowest BCUT2D eigenvalue weighted by Gasteiger charge is -2.23. The first kappa shape index (κ1) is 11.5. The molecule has 0 aliphatic rings. The second-order valence-electron chi connectivity index (χ2n) is 2.89. The molecule has 72 valence electrons. The van der Waals surface area contributed by atoms with Crippen molar-refractivity contribution in [2.45, 2.75) is 19.4 Å². The number of alkyl halides is 1. The molecule has 0 aromatic rings. The van der Waals surface area contributed by atoms with Gasteiger partial charge < -0.3 is 4.74 Å². The maximum Gasteiger partial charge on any atom is 0.561 e. The predicted octanol–water partition coefficient (Wildman–Crippen LogP) is 1.74. The molecule has 0 aliphatic heterocycles. The molecular weight excluding hydrogens is 182 g/mol. The Morgan fingerprint density at radius 1 is 1.58 bits per heavy atom.